The lowest BCUT2D eigenvalue weighted by Crippen LogP contribution is -2.25. The van der Waals surface area contributed by atoms with Crippen molar-refractivity contribution in [2.24, 2.45) is 5.73 Å². The first-order valence-corrected chi connectivity index (χ1v) is 7.68. The van der Waals surface area contributed by atoms with E-state index in [9.17, 15) is 9.18 Å². The van der Waals surface area contributed by atoms with Crippen LogP contribution in [0.3, 0.4) is 0 Å². The van der Waals surface area contributed by atoms with Gasteiger partial charge in [-0.05, 0) is 31.2 Å². The highest BCUT2D eigenvalue weighted by atomic mass is 32.2. The van der Waals surface area contributed by atoms with E-state index >= 15 is 0 Å². The Morgan fingerprint density at radius 3 is 2.95 bits per heavy atom. The zero-order valence-corrected chi connectivity index (χ0v) is 12.7. The van der Waals surface area contributed by atoms with Crippen LogP contribution in [0.5, 0.6) is 5.75 Å². The number of carbonyl (C=O) groups is 1. The number of hydrogen-bond acceptors (Lipinski definition) is 5. The third-order valence-electron chi connectivity index (χ3n) is 3.30. The molecule has 1 amide bonds. The highest BCUT2D eigenvalue weighted by Gasteiger charge is 2.21. The summed E-state index contributed by atoms with van der Waals surface area (Å²) in [5.41, 5.74) is 6.27. The molecule has 0 aliphatic carbocycles. The smallest absolute Gasteiger partial charge is 0.409 e. The number of rotatable bonds is 2. The molecule has 0 bridgehead atoms. The number of anilines is 2. The molecular weight excluding hydrogens is 305 g/mol. The summed E-state index contributed by atoms with van der Waals surface area (Å²) in [6.45, 7) is 2.36. The van der Waals surface area contributed by atoms with Gasteiger partial charge in [0.15, 0.2) is 0 Å². The quantitative estimate of drug-likeness (QED) is 0.920. The van der Waals surface area contributed by atoms with Gasteiger partial charge in [0.1, 0.15) is 17.4 Å². The summed E-state index contributed by atoms with van der Waals surface area (Å²) in [6, 6.07) is 8.36. The molecule has 2 N–H and O–H groups in total. The van der Waals surface area contributed by atoms with Crippen molar-refractivity contribution in [2.45, 2.75) is 11.8 Å². The Bertz CT molecular complexity index is 739. The van der Waals surface area contributed by atoms with Crippen LogP contribution in [-0.2, 0) is 0 Å². The topological polar surface area (TPSA) is 68.5 Å². The Hall–Kier alpha value is -2.28. The molecule has 1 aromatic carbocycles. The van der Waals surface area contributed by atoms with Gasteiger partial charge in [-0.2, -0.15) is 0 Å². The Kier molecular flexibility index (Phi) is 3.89. The zero-order chi connectivity index (χ0) is 15.7. The second-order valence-electron chi connectivity index (χ2n) is 4.79. The monoisotopic (exact) mass is 319 g/mol. The Labute approximate surface area is 131 Å². The number of aryl methyl sites for hydroxylation is 1. The van der Waals surface area contributed by atoms with E-state index in [1.807, 2.05) is 11.0 Å². The van der Waals surface area contributed by atoms with Crippen LogP contribution in [0.25, 0.3) is 0 Å². The number of nitrogens with two attached hydrogens (primary N) is 1. The van der Waals surface area contributed by atoms with Gasteiger partial charge >= 0.3 is 6.09 Å². The van der Waals surface area contributed by atoms with Crippen molar-refractivity contribution in [3.63, 3.8) is 0 Å². The average molecular weight is 319 g/mol. The SMILES string of the molecule is Cc1nc(N2CCSc3ccc(OC(N)=O)cc32)ccc1F. The summed E-state index contributed by atoms with van der Waals surface area (Å²) < 4.78 is 18.3. The maximum Gasteiger partial charge on any atom is 0.409 e. The van der Waals surface area contributed by atoms with E-state index in [-0.39, 0.29) is 5.82 Å². The van der Waals surface area contributed by atoms with Crippen LogP contribution < -0.4 is 15.4 Å². The van der Waals surface area contributed by atoms with Gasteiger partial charge in [-0.15, -0.1) is 11.8 Å². The van der Waals surface area contributed by atoms with Gasteiger partial charge in [-0.3, -0.25) is 0 Å². The normalized spacial score (nSPS) is 13.6. The first kappa shape index (κ1) is 14.6. The third-order valence-corrected chi connectivity index (χ3v) is 4.34. The van der Waals surface area contributed by atoms with Crippen LogP contribution in [-0.4, -0.2) is 23.4 Å². The minimum atomic E-state index is -0.856. The van der Waals surface area contributed by atoms with Crippen LogP contribution in [0.2, 0.25) is 0 Å². The van der Waals surface area contributed by atoms with Crippen LogP contribution in [0.4, 0.5) is 20.7 Å². The maximum absolute atomic E-state index is 13.4. The minimum Gasteiger partial charge on any atom is -0.410 e. The predicted molar refractivity (Wildman–Crippen MR) is 83.3 cm³/mol. The highest BCUT2D eigenvalue weighted by Crippen LogP contribution is 2.40. The third kappa shape index (κ3) is 2.85. The molecule has 7 heteroatoms. The van der Waals surface area contributed by atoms with E-state index in [0.29, 0.717) is 17.3 Å². The molecule has 2 aromatic rings. The molecule has 0 fully saturated rings. The van der Waals surface area contributed by atoms with Crippen LogP contribution in [0.15, 0.2) is 35.2 Å². The molecule has 0 saturated heterocycles. The van der Waals surface area contributed by atoms with Gasteiger partial charge in [-0.25, -0.2) is 14.2 Å². The number of aromatic nitrogens is 1. The van der Waals surface area contributed by atoms with Gasteiger partial charge in [0.25, 0.3) is 0 Å². The van der Waals surface area contributed by atoms with E-state index in [1.54, 1.807) is 36.9 Å². The van der Waals surface area contributed by atoms with Gasteiger partial charge < -0.3 is 15.4 Å². The highest BCUT2D eigenvalue weighted by molar-refractivity contribution is 7.99. The summed E-state index contributed by atoms with van der Waals surface area (Å²) in [5, 5.41) is 0. The largest absolute Gasteiger partial charge is 0.410 e. The molecule has 0 spiro atoms. The first-order valence-electron chi connectivity index (χ1n) is 6.69. The van der Waals surface area contributed by atoms with Gasteiger partial charge in [0.05, 0.1) is 11.4 Å². The summed E-state index contributed by atoms with van der Waals surface area (Å²) >= 11 is 1.71. The number of nitrogens with zero attached hydrogens (tertiary/aromatic N) is 2. The number of halogens is 1. The van der Waals surface area contributed by atoms with Crippen molar-refractivity contribution in [2.75, 3.05) is 17.2 Å². The van der Waals surface area contributed by atoms with Crippen molar-refractivity contribution < 1.29 is 13.9 Å². The predicted octanol–water partition coefficient (Wildman–Crippen LogP) is 3.23. The number of fused-ring (bicyclic) bond motifs is 1. The molecule has 3 rings (SSSR count). The second kappa shape index (κ2) is 5.84. The fourth-order valence-corrected chi connectivity index (χ4v) is 3.27. The number of ether oxygens (including phenoxy) is 1. The van der Waals surface area contributed by atoms with Crippen LogP contribution >= 0.6 is 11.8 Å². The number of thioether (sulfide) groups is 1. The summed E-state index contributed by atoms with van der Waals surface area (Å²) in [7, 11) is 0. The lowest BCUT2D eigenvalue weighted by molar-refractivity contribution is 0.211. The molecule has 0 atom stereocenters. The molecule has 1 aliphatic rings. The summed E-state index contributed by atoms with van der Waals surface area (Å²) in [6.07, 6.45) is -0.856. The molecule has 1 aromatic heterocycles. The molecular formula is C15H14FN3O2S. The number of hydrogen-bond donors (Lipinski definition) is 1. The van der Waals surface area contributed by atoms with E-state index in [1.165, 1.54) is 6.07 Å². The van der Waals surface area contributed by atoms with Crippen molar-refractivity contribution in [1.29, 1.82) is 0 Å². The number of primary amides is 1. The molecule has 0 radical (unpaired) electrons. The summed E-state index contributed by atoms with van der Waals surface area (Å²) in [4.78, 5) is 18.2. The lowest BCUT2D eigenvalue weighted by Gasteiger charge is -2.30. The number of benzene rings is 1. The van der Waals surface area contributed by atoms with Crippen molar-refractivity contribution in [3.8, 4) is 5.75 Å². The Morgan fingerprint density at radius 1 is 1.41 bits per heavy atom. The maximum atomic E-state index is 13.4. The molecule has 0 saturated carbocycles. The minimum absolute atomic E-state index is 0.332. The molecule has 114 valence electrons. The number of amides is 1. The molecule has 0 unspecified atom stereocenters. The lowest BCUT2D eigenvalue weighted by atomic mass is 10.2. The number of carbonyl (C=O) groups excluding carboxylic acids is 1. The summed E-state index contributed by atoms with van der Waals surface area (Å²) in [5.74, 6) is 1.59. The van der Waals surface area contributed by atoms with Crippen molar-refractivity contribution >= 4 is 29.4 Å². The van der Waals surface area contributed by atoms with E-state index in [4.69, 9.17) is 10.5 Å². The zero-order valence-electron chi connectivity index (χ0n) is 11.9. The van der Waals surface area contributed by atoms with Crippen LogP contribution in [0.1, 0.15) is 5.69 Å². The van der Waals surface area contributed by atoms with Gasteiger partial charge in [0, 0.05) is 23.3 Å². The molecule has 2 heterocycles. The molecule has 5 nitrogen and oxygen atoms in total. The van der Waals surface area contributed by atoms with E-state index < -0.39 is 6.09 Å². The Balaban J connectivity index is 2.01. The van der Waals surface area contributed by atoms with Crippen molar-refractivity contribution in [3.05, 3.63) is 41.8 Å². The van der Waals surface area contributed by atoms with E-state index in [0.717, 1.165) is 22.9 Å². The molecule has 22 heavy (non-hydrogen) atoms. The fraction of sp³-hybridized carbons (Fsp3) is 0.200. The number of pyridine rings is 1. The van der Waals surface area contributed by atoms with Gasteiger partial charge in [-0.1, -0.05) is 0 Å². The fourth-order valence-electron chi connectivity index (χ4n) is 2.30. The first-order chi connectivity index (χ1) is 10.5. The second-order valence-corrected chi connectivity index (χ2v) is 5.92. The standard InChI is InChI=1S/C15H14FN3O2S/c1-9-11(16)3-5-14(18-9)19-6-7-22-13-4-2-10(8-12(13)19)21-15(17)20/h2-5,8H,6-7H2,1H3,(H2,17,20). The molecule has 1 aliphatic heterocycles. The Morgan fingerprint density at radius 2 is 2.23 bits per heavy atom. The van der Waals surface area contributed by atoms with Crippen molar-refractivity contribution in [1.82, 2.24) is 4.98 Å². The average Bonchev–Trinajstić information content (AvgIpc) is 2.49. The van der Waals surface area contributed by atoms with E-state index in [2.05, 4.69) is 4.98 Å². The van der Waals surface area contributed by atoms with Gasteiger partial charge in [0.2, 0.25) is 0 Å². The van der Waals surface area contributed by atoms with Crippen LogP contribution in [0, 0.1) is 12.7 Å².